The van der Waals surface area contributed by atoms with Gasteiger partial charge in [-0.05, 0) is 37.3 Å². The van der Waals surface area contributed by atoms with Crippen LogP contribution in [0.2, 0.25) is 5.02 Å². The zero-order valence-corrected chi connectivity index (χ0v) is 13.9. The van der Waals surface area contributed by atoms with Gasteiger partial charge >= 0.3 is 5.97 Å². The van der Waals surface area contributed by atoms with Crippen molar-refractivity contribution in [3.8, 4) is 0 Å². The highest BCUT2D eigenvalue weighted by molar-refractivity contribution is 8.02. The molecule has 2 heterocycles. The molecule has 3 rings (SSSR count). The molecule has 1 N–H and O–H groups in total. The van der Waals surface area contributed by atoms with Crippen LogP contribution >= 0.6 is 34.7 Å². The van der Waals surface area contributed by atoms with Gasteiger partial charge in [0.05, 0.1) is 15.9 Å². The van der Waals surface area contributed by atoms with Gasteiger partial charge in [-0.15, -0.1) is 11.3 Å². The Labute approximate surface area is 140 Å². The van der Waals surface area contributed by atoms with Crippen LogP contribution in [0.1, 0.15) is 12.6 Å². The number of carboxylic acids is 1. The molecule has 0 aliphatic rings. The second kappa shape index (κ2) is 5.87. The van der Waals surface area contributed by atoms with Crippen LogP contribution in [0.4, 0.5) is 0 Å². The summed E-state index contributed by atoms with van der Waals surface area (Å²) in [5, 5.41) is 10.3. The number of hydrogen-bond donors (Lipinski definition) is 1. The molecule has 0 aliphatic heterocycles. The van der Waals surface area contributed by atoms with Gasteiger partial charge in [-0.3, -0.25) is 9.78 Å². The van der Waals surface area contributed by atoms with Crippen molar-refractivity contribution >= 4 is 50.9 Å². The zero-order valence-electron chi connectivity index (χ0n) is 11.5. The van der Waals surface area contributed by atoms with Crippen LogP contribution in [0.5, 0.6) is 0 Å². The largest absolute Gasteiger partial charge is 0.480 e. The maximum absolute atomic E-state index is 11.8. The maximum Gasteiger partial charge on any atom is 0.326 e. The molecule has 0 radical (unpaired) electrons. The second-order valence-corrected chi connectivity index (χ2v) is 7.88. The highest BCUT2D eigenvalue weighted by Crippen LogP contribution is 2.43. The SMILES string of the molecule is CC(Sc1nc2cc(Cl)ccc2s1)(C(=O)O)c1ccccn1. The molecule has 0 saturated heterocycles. The predicted molar refractivity (Wildman–Crippen MR) is 89.7 cm³/mol. The zero-order chi connectivity index (χ0) is 15.7. The van der Waals surface area contributed by atoms with E-state index < -0.39 is 10.7 Å². The number of carboxylic acid groups (broad SMARTS) is 1. The van der Waals surface area contributed by atoms with Gasteiger partial charge in [0, 0.05) is 11.2 Å². The van der Waals surface area contributed by atoms with Crippen molar-refractivity contribution in [2.45, 2.75) is 16.0 Å². The van der Waals surface area contributed by atoms with Crippen molar-refractivity contribution in [2.24, 2.45) is 0 Å². The Bertz CT molecular complexity index is 838. The van der Waals surface area contributed by atoms with E-state index in [9.17, 15) is 9.90 Å². The van der Waals surface area contributed by atoms with Crippen molar-refractivity contribution in [3.05, 3.63) is 53.3 Å². The molecule has 0 aliphatic carbocycles. The van der Waals surface area contributed by atoms with E-state index in [2.05, 4.69) is 9.97 Å². The summed E-state index contributed by atoms with van der Waals surface area (Å²) >= 11 is 8.59. The summed E-state index contributed by atoms with van der Waals surface area (Å²) in [7, 11) is 0. The van der Waals surface area contributed by atoms with Crippen LogP contribution in [0, 0.1) is 0 Å². The summed E-state index contributed by atoms with van der Waals surface area (Å²) in [5.74, 6) is -0.950. The van der Waals surface area contributed by atoms with Gasteiger partial charge in [0.25, 0.3) is 0 Å². The maximum atomic E-state index is 11.8. The van der Waals surface area contributed by atoms with Gasteiger partial charge in [0.15, 0.2) is 9.09 Å². The van der Waals surface area contributed by atoms with Crippen LogP contribution in [0.25, 0.3) is 10.2 Å². The molecular weight excluding hydrogens is 340 g/mol. The molecule has 4 nitrogen and oxygen atoms in total. The second-order valence-electron chi connectivity index (χ2n) is 4.75. The number of halogens is 1. The van der Waals surface area contributed by atoms with Crippen molar-refractivity contribution < 1.29 is 9.90 Å². The number of aromatic nitrogens is 2. The lowest BCUT2D eigenvalue weighted by Gasteiger charge is -2.21. The fraction of sp³-hybridized carbons (Fsp3) is 0.133. The summed E-state index contributed by atoms with van der Waals surface area (Å²) in [5.41, 5.74) is 1.26. The Balaban J connectivity index is 2.01. The molecule has 7 heteroatoms. The fourth-order valence-electron chi connectivity index (χ4n) is 1.95. The Morgan fingerprint density at radius 3 is 2.86 bits per heavy atom. The summed E-state index contributed by atoms with van der Waals surface area (Å²) in [6.45, 7) is 1.64. The number of benzene rings is 1. The first kappa shape index (κ1) is 15.3. The number of aliphatic carboxylic acids is 1. The molecule has 112 valence electrons. The monoisotopic (exact) mass is 350 g/mol. The molecule has 1 atom stereocenters. The molecule has 1 aromatic carbocycles. The Hall–Kier alpha value is -1.63. The van der Waals surface area contributed by atoms with E-state index in [4.69, 9.17) is 11.6 Å². The van der Waals surface area contributed by atoms with Gasteiger partial charge in [-0.1, -0.05) is 29.4 Å². The number of thioether (sulfide) groups is 1. The number of hydrogen-bond acceptors (Lipinski definition) is 5. The van der Waals surface area contributed by atoms with Crippen LogP contribution < -0.4 is 0 Å². The first-order valence-electron chi connectivity index (χ1n) is 6.39. The summed E-state index contributed by atoms with van der Waals surface area (Å²) in [6.07, 6.45) is 1.59. The Kier molecular flexibility index (Phi) is 4.08. The van der Waals surface area contributed by atoms with Crippen molar-refractivity contribution in [2.75, 3.05) is 0 Å². The van der Waals surface area contributed by atoms with E-state index in [1.54, 1.807) is 43.5 Å². The van der Waals surface area contributed by atoms with E-state index in [1.807, 2.05) is 6.07 Å². The van der Waals surface area contributed by atoms with Gasteiger partial charge in [-0.25, -0.2) is 4.98 Å². The minimum Gasteiger partial charge on any atom is -0.480 e. The lowest BCUT2D eigenvalue weighted by Crippen LogP contribution is -2.29. The molecule has 0 saturated carbocycles. The molecule has 0 bridgehead atoms. The number of pyridine rings is 1. The van der Waals surface area contributed by atoms with Gasteiger partial charge in [0.2, 0.25) is 0 Å². The number of fused-ring (bicyclic) bond motifs is 1. The minimum absolute atomic E-state index is 0.491. The lowest BCUT2D eigenvalue weighted by molar-refractivity contribution is -0.139. The van der Waals surface area contributed by atoms with E-state index in [0.29, 0.717) is 15.1 Å². The predicted octanol–water partition coefficient (Wildman–Crippen LogP) is 4.44. The molecule has 0 spiro atoms. The van der Waals surface area contributed by atoms with E-state index in [-0.39, 0.29) is 0 Å². The quantitative estimate of drug-likeness (QED) is 0.705. The molecule has 1 unspecified atom stereocenters. The van der Waals surface area contributed by atoms with Crippen molar-refractivity contribution in [1.29, 1.82) is 0 Å². The smallest absolute Gasteiger partial charge is 0.326 e. The molecule has 3 aromatic rings. The van der Waals surface area contributed by atoms with Crippen LogP contribution in [-0.2, 0) is 9.54 Å². The standard InChI is InChI=1S/C15H11ClN2O2S2/c1-15(13(19)20,12-4-2-3-7-17-12)22-14-18-10-8-9(16)5-6-11(10)21-14/h2-8H,1H3,(H,19,20). The first-order valence-corrected chi connectivity index (χ1v) is 8.40. The average molecular weight is 351 g/mol. The molecule has 0 amide bonds. The number of thiazole rings is 1. The fourth-order valence-corrected chi connectivity index (χ4v) is 4.53. The van der Waals surface area contributed by atoms with Crippen LogP contribution in [0.3, 0.4) is 0 Å². The number of nitrogens with zero attached hydrogens (tertiary/aromatic N) is 2. The topological polar surface area (TPSA) is 63.1 Å². The summed E-state index contributed by atoms with van der Waals surface area (Å²) in [6, 6.07) is 10.7. The highest BCUT2D eigenvalue weighted by atomic mass is 35.5. The van der Waals surface area contributed by atoms with Crippen molar-refractivity contribution in [3.63, 3.8) is 0 Å². The highest BCUT2D eigenvalue weighted by Gasteiger charge is 2.39. The van der Waals surface area contributed by atoms with E-state index in [1.165, 1.54) is 23.1 Å². The number of carbonyl (C=O) groups is 1. The van der Waals surface area contributed by atoms with Crippen molar-refractivity contribution in [1.82, 2.24) is 9.97 Å². The van der Waals surface area contributed by atoms with Gasteiger partial charge in [-0.2, -0.15) is 0 Å². The number of rotatable bonds is 4. The lowest BCUT2D eigenvalue weighted by atomic mass is 10.1. The van der Waals surface area contributed by atoms with Gasteiger partial charge in [0.1, 0.15) is 0 Å². The molecule has 2 aromatic heterocycles. The first-order chi connectivity index (χ1) is 10.5. The minimum atomic E-state index is -1.20. The normalized spacial score (nSPS) is 13.9. The Morgan fingerprint density at radius 1 is 1.36 bits per heavy atom. The summed E-state index contributed by atoms with van der Waals surface area (Å²) < 4.78 is 0.451. The van der Waals surface area contributed by atoms with Crippen LogP contribution in [-0.4, -0.2) is 21.0 Å². The molecule has 0 fully saturated rings. The average Bonchev–Trinajstić information content (AvgIpc) is 2.89. The van der Waals surface area contributed by atoms with Crippen LogP contribution in [0.15, 0.2) is 46.9 Å². The third-order valence-corrected chi connectivity index (χ3v) is 5.81. The third-order valence-electron chi connectivity index (χ3n) is 3.18. The Morgan fingerprint density at radius 2 is 2.18 bits per heavy atom. The molecular formula is C15H11ClN2O2S2. The third kappa shape index (κ3) is 2.82. The van der Waals surface area contributed by atoms with E-state index in [0.717, 1.165) is 10.2 Å². The molecule has 22 heavy (non-hydrogen) atoms. The summed E-state index contributed by atoms with van der Waals surface area (Å²) in [4.78, 5) is 20.5. The van der Waals surface area contributed by atoms with Gasteiger partial charge < -0.3 is 5.11 Å². The van der Waals surface area contributed by atoms with E-state index >= 15 is 0 Å².